The van der Waals surface area contributed by atoms with Crippen molar-refractivity contribution in [2.24, 2.45) is 7.05 Å². The molecule has 0 aliphatic heterocycles. The van der Waals surface area contributed by atoms with Gasteiger partial charge in [0.05, 0.1) is 17.0 Å². The molecule has 0 aliphatic rings. The van der Waals surface area contributed by atoms with Crippen LogP contribution in [0.2, 0.25) is 0 Å². The van der Waals surface area contributed by atoms with Crippen molar-refractivity contribution in [3.8, 4) is 11.4 Å². The van der Waals surface area contributed by atoms with E-state index in [0.717, 1.165) is 34.7 Å². The smallest absolute Gasteiger partial charge is 0.227 e. The Kier molecular flexibility index (Phi) is 4.02. The van der Waals surface area contributed by atoms with E-state index in [2.05, 4.69) is 34.2 Å². The third-order valence-electron chi connectivity index (χ3n) is 3.88. The first kappa shape index (κ1) is 15.5. The summed E-state index contributed by atoms with van der Waals surface area (Å²) < 4.78 is 12.3. The maximum absolute atomic E-state index is 5.39. The summed E-state index contributed by atoms with van der Waals surface area (Å²) in [5, 5.41) is 12.6. The summed E-state index contributed by atoms with van der Waals surface area (Å²) in [6.45, 7) is 8.06. The summed E-state index contributed by atoms with van der Waals surface area (Å²) >= 11 is 0. The zero-order valence-electron chi connectivity index (χ0n) is 14.1. The molecule has 0 amide bonds. The molecule has 0 aromatic carbocycles. The van der Waals surface area contributed by atoms with Crippen molar-refractivity contribution in [2.45, 2.75) is 46.5 Å². The maximum atomic E-state index is 5.39. The first-order valence-corrected chi connectivity index (χ1v) is 7.74. The molecule has 0 fully saturated rings. The van der Waals surface area contributed by atoms with Crippen molar-refractivity contribution in [3.05, 3.63) is 34.8 Å². The second-order valence-electron chi connectivity index (χ2n) is 6.07. The van der Waals surface area contributed by atoms with Crippen LogP contribution in [0.15, 0.2) is 15.2 Å². The summed E-state index contributed by atoms with van der Waals surface area (Å²) in [7, 11) is 1.90. The van der Waals surface area contributed by atoms with E-state index in [1.165, 1.54) is 0 Å². The van der Waals surface area contributed by atoms with Gasteiger partial charge in [-0.2, -0.15) is 10.1 Å². The molecule has 0 saturated heterocycles. The molecule has 0 aliphatic carbocycles. The van der Waals surface area contributed by atoms with Gasteiger partial charge in [0.25, 0.3) is 0 Å². The van der Waals surface area contributed by atoms with Gasteiger partial charge in [0, 0.05) is 25.2 Å². The molecule has 3 aromatic heterocycles. The number of hydrogen-bond acceptors (Lipinski definition) is 6. The Morgan fingerprint density at radius 3 is 2.57 bits per heavy atom. The molecule has 0 N–H and O–H groups in total. The molecule has 122 valence electrons. The minimum Gasteiger partial charge on any atom is -0.361 e. The highest BCUT2D eigenvalue weighted by Crippen LogP contribution is 2.26. The SMILES string of the molecule is Cc1noc(C)c1CCc1nc(-c2cn(C)nc2C(C)C)no1. The molecule has 3 heterocycles. The van der Waals surface area contributed by atoms with E-state index in [1.807, 2.05) is 27.1 Å². The summed E-state index contributed by atoms with van der Waals surface area (Å²) in [4.78, 5) is 4.51. The van der Waals surface area contributed by atoms with Crippen molar-refractivity contribution in [1.29, 1.82) is 0 Å². The molecule has 0 saturated carbocycles. The van der Waals surface area contributed by atoms with Gasteiger partial charge in [0.15, 0.2) is 0 Å². The van der Waals surface area contributed by atoms with E-state index in [4.69, 9.17) is 9.05 Å². The van der Waals surface area contributed by atoms with Gasteiger partial charge >= 0.3 is 0 Å². The zero-order valence-corrected chi connectivity index (χ0v) is 14.1. The average Bonchev–Trinajstić information content (AvgIpc) is 3.17. The Labute approximate surface area is 134 Å². The minimum atomic E-state index is 0.301. The van der Waals surface area contributed by atoms with Crippen LogP contribution in [0.4, 0.5) is 0 Å². The molecule has 0 atom stereocenters. The minimum absolute atomic E-state index is 0.301. The second kappa shape index (κ2) is 5.98. The summed E-state index contributed by atoms with van der Waals surface area (Å²) in [6.07, 6.45) is 3.36. The predicted octanol–water partition coefficient (Wildman–Crippen LogP) is 2.98. The number of nitrogens with zero attached hydrogens (tertiary/aromatic N) is 5. The van der Waals surface area contributed by atoms with Crippen LogP contribution in [-0.4, -0.2) is 25.1 Å². The summed E-state index contributed by atoms with van der Waals surface area (Å²) in [5.41, 5.74) is 3.92. The monoisotopic (exact) mass is 315 g/mol. The van der Waals surface area contributed by atoms with Crippen molar-refractivity contribution in [1.82, 2.24) is 25.1 Å². The third-order valence-corrected chi connectivity index (χ3v) is 3.88. The summed E-state index contributed by atoms with van der Waals surface area (Å²) in [6, 6.07) is 0. The van der Waals surface area contributed by atoms with Crippen LogP contribution in [0.5, 0.6) is 0 Å². The van der Waals surface area contributed by atoms with Gasteiger partial charge in [-0.3, -0.25) is 4.68 Å². The number of rotatable bonds is 5. The number of aryl methyl sites for hydroxylation is 4. The molecule has 0 radical (unpaired) electrons. The highest BCUT2D eigenvalue weighted by molar-refractivity contribution is 5.57. The zero-order chi connectivity index (χ0) is 16.6. The molecule has 23 heavy (non-hydrogen) atoms. The fourth-order valence-corrected chi connectivity index (χ4v) is 2.66. The molecule has 0 unspecified atom stereocenters. The van der Waals surface area contributed by atoms with Crippen molar-refractivity contribution < 1.29 is 9.05 Å². The quantitative estimate of drug-likeness (QED) is 0.720. The Hall–Kier alpha value is -2.44. The Morgan fingerprint density at radius 2 is 1.91 bits per heavy atom. The molecule has 3 aromatic rings. The normalized spacial score (nSPS) is 11.6. The summed E-state index contributed by atoms with van der Waals surface area (Å²) in [5.74, 6) is 2.35. The molecule has 3 rings (SSSR count). The second-order valence-corrected chi connectivity index (χ2v) is 6.07. The standard InChI is InChI=1S/C16H21N5O2/c1-9(2)15-13(8-21(5)18-15)16-17-14(23-20-16)7-6-12-10(3)19-22-11(12)4/h8-9H,6-7H2,1-5H3. The Balaban J connectivity index is 1.79. The lowest BCUT2D eigenvalue weighted by molar-refractivity contribution is 0.377. The lowest BCUT2D eigenvalue weighted by Crippen LogP contribution is -1.95. The fourth-order valence-electron chi connectivity index (χ4n) is 2.66. The van der Waals surface area contributed by atoms with E-state index in [0.29, 0.717) is 24.1 Å². The van der Waals surface area contributed by atoms with Gasteiger partial charge in [-0.1, -0.05) is 24.2 Å². The molecule has 0 spiro atoms. The Bertz CT molecular complexity index is 793. The highest BCUT2D eigenvalue weighted by Gasteiger charge is 2.18. The first-order chi connectivity index (χ1) is 11.0. The van der Waals surface area contributed by atoms with Gasteiger partial charge in [-0.25, -0.2) is 0 Å². The number of hydrogen-bond donors (Lipinski definition) is 0. The molecule has 7 nitrogen and oxygen atoms in total. The van der Waals surface area contributed by atoms with Crippen molar-refractivity contribution in [3.63, 3.8) is 0 Å². The number of aromatic nitrogens is 5. The van der Waals surface area contributed by atoms with Gasteiger partial charge in [-0.05, 0) is 26.2 Å². The van der Waals surface area contributed by atoms with E-state index >= 15 is 0 Å². The lowest BCUT2D eigenvalue weighted by atomic mass is 10.1. The van der Waals surface area contributed by atoms with Crippen LogP contribution in [0, 0.1) is 13.8 Å². The third kappa shape index (κ3) is 3.04. The highest BCUT2D eigenvalue weighted by atomic mass is 16.5. The lowest BCUT2D eigenvalue weighted by Gasteiger charge is -2.00. The van der Waals surface area contributed by atoms with Crippen LogP contribution < -0.4 is 0 Å². The van der Waals surface area contributed by atoms with Crippen molar-refractivity contribution >= 4 is 0 Å². The first-order valence-electron chi connectivity index (χ1n) is 7.74. The molecule has 7 heteroatoms. The van der Waals surface area contributed by atoms with Crippen LogP contribution in [-0.2, 0) is 19.9 Å². The van der Waals surface area contributed by atoms with Crippen LogP contribution >= 0.6 is 0 Å². The molecular formula is C16H21N5O2. The van der Waals surface area contributed by atoms with E-state index < -0.39 is 0 Å². The molecular weight excluding hydrogens is 294 g/mol. The van der Waals surface area contributed by atoms with Gasteiger partial charge in [0.1, 0.15) is 5.76 Å². The van der Waals surface area contributed by atoms with Gasteiger partial charge in [0.2, 0.25) is 11.7 Å². The van der Waals surface area contributed by atoms with E-state index in [-0.39, 0.29) is 0 Å². The predicted molar refractivity (Wildman–Crippen MR) is 84.0 cm³/mol. The van der Waals surface area contributed by atoms with E-state index in [1.54, 1.807) is 4.68 Å². The largest absolute Gasteiger partial charge is 0.361 e. The van der Waals surface area contributed by atoms with Crippen molar-refractivity contribution in [2.75, 3.05) is 0 Å². The Morgan fingerprint density at radius 1 is 1.13 bits per heavy atom. The average molecular weight is 315 g/mol. The van der Waals surface area contributed by atoms with E-state index in [9.17, 15) is 0 Å². The van der Waals surface area contributed by atoms with Crippen LogP contribution in [0.3, 0.4) is 0 Å². The fraction of sp³-hybridized carbons (Fsp3) is 0.500. The van der Waals surface area contributed by atoms with Crippen LogP contribution in [0.1, 0.15) is 48.4 Å². The molecule has 0 bridgehead atoms. The van der Waals surface area contributed by atoms with Crippen LogP contribution in [0.25, 0.3) is 11.4 Å². The van der Waals surface area contributed by atoms with Gasteiger partial charge < -0.3 is 9.05 Å². The topological polar surface area (TPSA) is 82.8 Å². The maximum Gasteiger partial charge on any atom is 0.227 e. The van der Waals surface area contributed by atoms with Gasteiger partial charge in [-0.15, -0.1) is 0 Å².